The van der Waals surface area contributed by atoms with Gasteiger partial charge in [-0.3, -0.25) is 15.2 Å². The largest absolute Gasteiger partial charge is 0.270 e. The SMILES string of the molecule is Cc1ccc([N+](=O)[O-])cc1S(=O)(=O)NCCc1ncn[nH]1. The molecule has 0 atom stereocenters. The van der Waals surface area contributed by atoms with Crippen LogP contribution in [0.3, 0.4) is 0 Å². The van der Waals surface area contributed by atoms with Crippen molar-refractivity contribution in [3.05, 3.63) is 46.0 Å². The number of H-pyrrole nitrogens is 1. The standard InChI is InChI=1S/C11H13N5O4S/c1-8-2-3-9(16(17)18)6-10(8)21(19,20)14-5-4-11-12-7-13-15-11/h2-3,6-7,14H,4-5H2,1H3,(H,12,13,15). The lowest BCUT2D eigenvalue weighted by atomic mass is 10.2. The van der Waals surface area contributed by atoms with E-state index in [-0.39, 0.29) is 17.1 Å². The third kappa shape index (κ3) is 3.61. The lowest BCUT2D eigenvalue weighted by Gasteiger charge is -2.08. The molecule has 1 aromatic heterocycles. The van der Waals surface area contributed by atoms with Gasteiger partial charge in [-0.2, -0.15) is 5.10 Å². The van der Waals surface area contributed by atoms with Crippen molar-refractivity contribution in [1.29, 1.82) is 0 Å². The number of hydrogen-bond acceptors (Lipinski definition) is 6. The molecule has 9 nitrogen and oxygen atoms in total. The van der Waals surface area contributed by atoms with Gasteiger partial charge in [-0.1, -0.05) is 6.07 Å². The number of sulfonamides is 1. The van der Waals surface area contributed by atoms with Gasteiger partial charge in [0.1, 0.15) is 12.2 Å². The van der Waals surface area contributed by atoms with Gasteiger partial charge in [0.05, 0.1) is 9.82 Å². The number of nitro groups is 1. The molecule has 0 spiro atoms. The van der Waals surface area contributed by atoms with Crippen molar-refractivity contribution in [2.45, 2.75) is 18.2 Å². The first-order valence-electron chi connectivity index (χ1n) is 5.99. The molecule has 112 valence electrons. The monoisotopic (exact) mass is 311 g/mol. The van der Waals surface area contributed by atoms with Gasteiger partial charge in [0.15, 0.2) is 0 Å². The molecule has 1 aromatic carbocycles. The Labute approximate surface area is 120 Å². The summed E-state index contributed by atoms with van der Waals surface area (Å²) < 4.78 is 26.7. The molecule has 21 heavy (non-hydrogen) atoms. The van der Waals surface area contributed by atoms with Crippen molar-refractivity contribution in [2.24, 2.45) is 0 Å². The molecule has 0 aliphatic carbocycles. The maximum Gasteiger partial charge on any atom is 0.270 e. The summed E-state index contributed by atoms with van der Waals surface area (Å²) in [6.45, 7) is 1.69. The Bertz CT molecular complexity index is 742. The first-order valence-corrected chi connectivity index (χ1v) is 7.47. The molecule has 10 heteroatoms. The van der Waals surface area contributed by atoms with Crippen LogP contribution in [0.1, 0.15) is 11.4 Å². The molecule has 2 N–H and O–H groups in total. The number of aromatic nitrogens is 3. The number of non-ortho nitro benzene ring substituents is 1. The predicted octanol–water partition coefficient (Wildman–Crippen LogP) is 0.542. The van der Waals surface area contributed by atoms with Crippen LogP contribution in [0.4, 0.5) is 5.69 Å². The van der Waals surface area contributed by atoms with Crippen LogP contribution in [0.15, 0.2) is 29.4 Å². The van der Waals surface area contributed by atoms with Crippen molar-refractivity contribution in [3.8, 4) is 0 Å². The molecule has 0 aliphatic heterocycles. The van der Waals surface area contributed by atoms with E-state index in [4.69, 9.17) is 0 Å². The van der Waals surface area contributed by atoms with Gasteiger partial charge in [0.2, 0.25) is 10.0 Å². The van der Waals surface area contributed by atoms with Gasteiger partial charge in [-0.25, -0.2) is 18.1 Å². The Balaban J connectivity index is 2.15. The Kier molecular flexibility index (Phi) is 4.29. The normalized spacial score (nSPS) is 11.5. The molecule has 2 aromatic rings. The number of nitrogens with one attached hydrogen (secondary N) is 2. The first-order chi connectivity index (χ1) is 9.90. The number of hydrogen-bond donors (Lipinski definition) is 2. The van der Waals surface area contributed by atoms with E-state index in [1.807, 2.05) is 0 Å². The van der Waals surface area contributed by atoms with Crippen LogP contribution in [0.25, 0.3) is 0 Å². The average Bonchev–Trinajstić information content (AvgIpc) is 2.91. The van der Waals surface area contributed by atoms with E-state index in [0.29, 0.717) is 17.8 Å². The maximum atomic E-state index is 12.2. The van der Waals surface area contributed by atoms with Gasteiger partial charge in [-0.05, 0) is 12.5 Å². The molecule has 1 heterocycles. The highest BCUT2D eigenvalue weighted by Gasteiger charge is 2.20. The highest BCUT2D eigenvalue weighted by Crippen LogP contribution is 2.21. The Morgan fingerprint density at radius 3 is 2.81 bits per heavy atom. The van der Waals surface area contributed by atoms with E-state index in [1.165, 1.54) is 18.5 Å². The van der Waals surface area contributed by atoms with Crippen molar-refractivity contribution in [3.63, 3.8) is 0 Å². The highest BCUT2D eigenvalue weighted by molar-refractivity contribution is 7.89. The van der Waals surface area contributed by atoms with Gasteiger partial charge in [-0.15, -0.1) is 0 Å². The molecular formula is C11H13N5O4S. The van der Waals surface area contributed by atoms with E-state index < -0.39 is 14.9 Å². The summed E-state index contributed by atoms with van der Waals surface area (Å²) in [6.07, 6.45) is 1.67. The molecule has 0 bridgehead atoms. The van der Waals surface area contributed by atoms with Crippen LogP contribution in [-0.4, -0.2) is 35.1 Å². The van der Waals surface area contributed by atoms with Crippen molar-refractivity contribution < 1.29 is 13.3 Å². The summed E-state index contributed by atoms with van der Waals surface area (Å²) in [7, 11) is -3.82. The second kappa shape index (κ2) is 5.97. The predicted molar refractivity (Wildman–Crippen MR) is 73.1 cm³/mol. The van der Waals surface area contributed by atoms with Crippen LogP contribution in [0, 0.1) is 17.0 Å². The van der Waals surface area contributed by atoms with E-state index in [2.05, 4.69) is 19.9 Å². The Hall–Kier alpha value is -2.33. The fourth-order valence-electron chi connectivity index (χ4n) is 1.72. The molecule has 0 saturated carbocycles. The van der Waals surface area contributed by atoms with Gasteiger partial charge < -0.3 is 0 Å². The molecular weight excluding hydrogens is 298 g/mol. The molecule has 0 radical (unpaired) electrons. The van der Waals surface area contributed by atoms with Gasteiger partial charge in [0.25, 0.3) is 5.69 Å². The number of nitrogens with zero attached hydrogens (tertiary/aromatic N) is 3. The second-order valence-electron chi connectivity index (χ2n) is 4.29. The molecule has 0 unspecified atom stereocenters. The summed E-state index contributed by atoms with van der Waals surface area (Å²) >= 11 is 0. The van der Waals surface area contributed by atoms with Crippen LogP contribution >= 0.6 is 0 Å². The number of rotatable bonds is 6. The number of nitro benzene ring substituents is 1. The number of aromatic amines is 1. The lowest BCUT2D eigenvalue weighted by Crippen LogP contribution is -2.27. The summed E-state index contributed by atoms with van der Waals surface area (Å²) in [5.41, 5.74) is 0.170. The third-order valence-corrected chi connectivity index (χ3v) is 4.39. The van der Waals surface area contributed by atoms with E-state index in [0.717, 1.165) is 6.07 Å². The fourth-order valence-corrected chi connectivity index (χ4v) is 3.02. The van der Waals surface area contributed by atoms with Gasteiger partial charge in [0, 0.05) is 25.1 Å². The van der Waals surface area contributed by atoms with Crippen molar-refractivity contribution in [1.82, 2.24) is 19.9 Å². The number of aryl methyl sites for hydroxylation is 1. The zero-order valence-electron chi connectivity index (χ0n) is 11.1. The topological polar surface area (TPSA) is 131 Å². The van der Waals surface area contributed by atoms with Crippen molar-refractivity contribution in [2.75, 3.05) is 6.54 Å². The van der Waals surface area contributed by atoms with Crippen LogP contribution < -0.4 is 4.72 Å². The van der Waals surface area contributed by atoms with E-state index in [1.54, 1.807) is 6.92 Å². The van der Waals surface area contributed by atoms with Gasteiger partial charge >= 0.3 is 0 Å². The smallest absolute Gasteiger partial charge is 0.263 e. The molecule has 2 rings (SSSR count). The quantitative estimate of drug-likeness (QED) is 0.591. The minimum Gasteiger partial charge on any atom is -0.263 e. The summed E-state index contributed by atoms with van der Waals surface area (Å²) in [5, 5.41) is 17.0. The fraction of sp³-hybridized carbons (Fsp3) is 0.273. The van der Waals surface area contributed by atoms with E-state index >= 15 is 0 Å². The minimum absolute atomic E-state index is 0.103. The van der Waals surface area contributed by atoms with Crippen LogP contribution in [0.5, 0.6) is 0 Å². The highest BCUT2D eigenvalue weighted by atomic mass is 32.2. The second-order valence-corrected chi connectivity index (χ2v) is 6.02. The first kappa shape index (κ1) is 15.1. The van der Waals surface area contributed by atoms with Crippen LogP contribution in [0.2, 0.25) is 0 Å². The lowest BCUT2D eigenvalue weighted by molar-refractivity contribution is -0.385. The molecule has 0 fully saturated rings. The molecule has 0 saturated heterocycles. The Morgan fingerprint density at radius 1 is 1.43 bits per heavy atom. The summed E-state index contributed by atoms with van der Waals surface area (Å²) in [5.74, 6) is 0.550. The minimum atomic E-state index is -3.82. The molecule has 0 amide bonds. The average molecular weight is 311 g/mol. The summed E-state index contributed by atoms with van der Waals surface area (Å²) in [4.78, 5) is 13.9. The van der Waals surface area contributed by atoms with E-state index in [9.17, 15) is 18.5 Å². The third-order valence-electron chi connectivity index (χ3n) is 2.79. The zero-order valence-corrected chi connectivity index (χ0v) is 11.9. The Morgan fingerprint density at radius 2 is 2.19 bits per heavy atom. The maximum absolute atomic E-state index is 12.2. The molecule has 0 aliphatic rings. The van der Waals surface area contributed by atoms with Crippen molar-refractivity contribution >= 4 is 15.7 Å². The number of benzene rings is 1. The zero-order chi connectivity index (χ0) is 15.5. The summed E-state index contributed by atoms with van der Waals surface area (Å²) in [6, 6.07) is 3.72. The van der Waals surface area contributed by atoms with Crippen LogP contribution in [-0.2, 0) is 16.4 Å².